The molecule has 132 valence electrons. The molecule has 3 rings (SSSR count). The van der Waals surface area contributed by atoms with Gasteiger partial charge in [-0.3, -0.25) is 14.6 Å². The van der Waals surface area contributed by atoms with Crippen molar-refractivity contribution in [2.75, 3.05) is 11.1 Å². The van der Waals surface area contributed by atoms with Crippen molar-refractivity contribution in [3.05, 3.63) is 54.4 Å². The highest BCUT2D eigenvalue weighted by Gasteiger charge is 2.19. The highest BCUT2D eigenvalue weighted by molar-refractivity contribution is 7.99. The van der Waals surface area contributed by atoms with Crippen molar-refractivity contribution < 1.29 is 9.59 Å². The molecule has 0 spiro atoms. The summed E-state index contributed by atoms with van der Waals surface area (Å²) in [7, 11) is 0. The summed E-state index contributed by atoms with van der Waals surface area (Å²) in [6.07, 6.45) is 3.36. The van der Waals surface area contributed by atoms with Crippen molar-refractivity contribution in [3.63, 3.8) is 0 Å². The predicted molar refractivity (Wildman–Crippen MR) is 100 cm³/mol. The first kappa shape index (κ1) is 17.8. The number of hydrogen-bond donors (Lipinski definition) is 1. The summed E-state index contributed by atoms with van der Waals surface area (Å²) in [5.74, 6) is 0.127. The molecule has 1 N–H and O–H groups in total. The number of carbonyl (C=O) groups excluding carboxylic acids is 2. The lowest BCUT2D eigenvalue weighted by Crippen LogP contribution is -2.15. The number of nitrogens with one attached hydrogen (secondary N) is 1. The van der Waals surface area contributed by atoms with Gasteiger partial charge in [-0.1, -0.05) is 30.0 Å². The predicted octanol–water partition coefficient (Wildman–Crippen LogP) is 3.04. The Morgan fingerprint density at radius 2 is 1.92 bits per heavy atom. The summed E-state index contributed by atoms with van der Waals surface area (Å²) in [5.41, 5.74) is 2.38. The fourth-order valence-electron chi connectivity index (χ4n) is 2.36. The van der Waals surface area contributed by atoms with Crippen LogP contribution in [0.4, 0.5) is 5.69 Å². The lowest BCUT2D eigenvalue weighted by Gasteiger charge is -2.07. The van der Waals surface area contributed by atoms with E-state index in [9.17, 15) is 9.59 Å². The fourth-order valence-corrected chi connectivity index (χ4v) is 3.14. The molecule has 7 nitrogen and oxygen atoms in total. The zero-order valence-electron chi connectivity index (χ0n) is 14.3. The first-order valence-electron chi connectivity index (χ1n) is 7.90. The highest BCUT2D eigenvalue weighted by Crippen LogP contribution is 2.24. The van der Waals surface area contributed by atoms with E-state index in [1.54, 1.807) is 12.4 Å². The smallest absolute Gasteiger partial charge is 0.234 e. The second-order valence-corrected chi connectivity index (χ2v) is 6.56. The second-order valence-electron chi connectivity index (χ2n) is 5.61. The van der Waals surface area contributed by atoms with E-state index < -0.39 is 0 Å². The van der Waals surface area contributed by atoms with E-state index in [1.807, 2.05) is 43.3 Å². The summed E-state index contributed by atoms with van der Waals surface area (Å²) in [6, 6.07) is 11.1. The number of aryl methyl sites for hydroxylation is 1. The molecule has 2 heterocycles. The Morgan fingerprint density at radius 3 is 2.62 bits per heavy atom. The maximum Gasteiger partial charge on any atom is 0.234 e. The number of amides is 1. The normalized spacial score (nSPS) is 10.5. The van der Waals surface area contributed by atoms with Crippen LogP contribution in [0.2, 0.25) is 0 Å². The van der Waals surface area contributed by atoms with Crippen molar-refractivity contribution in [2.24, 2.45) is 0 Å². The first-order chi connectivity index (χ1) is 12.5. The van der Waals surface area contributed by atoms with Gasteiger partial charge in [0.1, 0.15) is 0 Å². The quantitative estimate of drug-likeness (QED) is 0.697. The minimum Gasteiger partial charge on any atom is -0.325 e. The van der Waals surface area contributed by atoms with Gasteiger partial charge in [0.05, 0.1) is 5.75 Å². The molecule has 2 aromatic heterocycles. The van der Waals surface area contributed by atoms with E-state index in [0.29, 0.717) is 16.5 Å². The molecule has 0 aliphatic rings. The molecule has 3 aromatic rings. The van der Waals surface area contributed by atoms with E-state index >= 15 is 0 Å². The summed E-state index contributed by atoms with van der Waals surface area (Å²) >= 11 is 1.16. The van der Waals surface area contributed by atoms with Crippen LogP contribution in [0.25, 0.3) is 11.4 Å². The van der Waals surface area contributed by atoms with Crippen molar-refractivity contribution >= 4 is 29.3 Å². The Morgan fingerprint density at radius 1 is 1.15 bits per heavy atom. The lowest BCUT2D eigenvalue weighted by molar-refractivity contribution is -0.113. The van der Waals surface area contributed by atoms with Gasteiger partial charge >= 0.3 is 0 Å². The highest BCUT2D eigenvalue weighted by atomic mass is 32.2. The molecule has 0 saturated heterocycles. The van der Waals surface area contributed by atoms with E-state index in [-0.39, 0.29) is 17.6 Å². The zero-order valence-corrected chi connectivity index (χ0v) is 15.2. The number of para-hydroxylation sites is 1. The topological polar surface area (TPSA) is 89.8 Å². The van der Waals surface area contributed by atoms with Gasteiger partial charge in [0.15, 0.2) is 11.0 Å². The molecular weight excluding hydrogens is 350 g/mol. The van der Waals surface area contributed by atoms with Gasteiger partial charge in [0.2, 0.25) is 11.8 Å². The van der Waals surface area contributed by atoms with E-state index in [1.165, 1.54) is 11.5 Å². The largest absolute Gasteiger partial charge is 0.325 e. The Labute approximate surface area is 154 Å². The molecule has 1 amide bonds. The summed E-state index contributed by atoms with van der Waals surface area (Å²) in [4.78, 5) is 28.3. The second kappa shape index (κ2) is 7.92. The molecule has 0 bridgehead atoms. The maximum absolute atomic E-state index is 12.1. The Bertz CT molecular complexity index is 940. The maximum atomic E-state index is 12.1. The molecule has 26 heavy (non-hydrogen) atoms. The average Bonchev–Trinajstić information content (AvgIpc) is 3.05. The minimum absolute atomic E-state index is 0.117. The van der Waals surface area contributed by atoms with Crippen molar-refractivity contribution in [2.45, 2.75) is 19.0 Å². The van der Waals surface area contributed by atoms with Gasteiger partial charge in [-0.15, -0.1) is 10.2 Å². The number of pyridine rings is 1. The lowest BCUT2D eigenvalue weighted by atomic mass is 10.2. The van der Waals surface area contributed by atoms with Crippen molar-refractivity contribution in [1.82, 2.24) is 19.7 Å². The molecule has 0 fully saturated rings. The minimum atomic E-state index is -0.225. The summed E-state index contributed by atoms with van der Waals surface area (Å²) in [5, 5.41) is 11.3. The van der Waals surface area contributed by atoms with Gasteiger partial charge in [0, 0.05) is 30.6 Å². The van der Waals surface area contributed by atoms with Crippen LogP contribution >= 0.6 is 11.8 Å². The van der Waals surface area contributed by atoms with E-state index in [0.717, 1.165) is 23.0 Å². The van der Waals surface area contributed by atoms with Crippen LogP contribution in [-0.4, -0.2) is 37.3 Å². The van der Waals surface area contributed by atoms with Gasteiger partial charge in [-0.05, 0) is 30.7 Å². The molecule has 0 radical (unpaired) electrons. The van der Waals surface area contributed by atoms with Crippen LogP contribution in [-0.2, 0) is 4.79 Å². The van der Waals surface area contributed by atoms with Crippen LogP contribution < -0.4 is 5.32 Å². The Kier molecular flexibility index (Phi) is 5.43. The number of nitrogens with zero attached hydrogens (tertiary/aromatic N) is 4. The zero-order chi connectivity index (χ0) is 18.5. The third kappa shape index (κ3) is 4.15. The van der Waals surface area contributed by atoms with E-state index in [2.05, 4.69) is 20.5 Å². The first-order valence-corrected chi connectivity index (χ1v) is 8.89. The van der Waals surface area contributed by atoms with Crippen molar-refractivity contribution in [3.8, 4) is 11.4 Å². The number of anilines is 1. The molecule has 0 aliphatic carbocycles. The van der Waals surface area contributed by atoms with Crippen LogP contribution in [0.15, 0.2) is 53.9 Å². The third-order valence-corrected chi connectivity index (χ3v) is 4.40. The molecule has 8 heteroatoms. The Balaban J connectivity index is 1.76. The number of benzene rings is 1. The van der Waals surface area contributed by atoms with Crippen molar-refractivity contribution in [1.29, 1.82) is 0 Å². The van der Waals surface area contributed by atoms with Crippen LogP contribution in [0, 0.1) is 6.92 Å². The van der Waals surface area contributed by atoms with E-state index in [4.69, 9.17) is 0 Å². The standard InChI is InChI=1S/C18H17N5O2S/c1-12-8-14(10-19-9-12)17-21-22-18(23(17)13(2)24)26-11-16(25)20-15-6-4-3-5-7-15/h3-10H,11H2,1-2H3,(H,20,25). The number of rotatable bonds is 5. The van der Waals surface area contributed by atoms with Gasteiger partial charge in [-0.2, -0.15) is 0 Å². The van der Waals surface area contributed by atoms with Gasteiger partial charge in [0.25, 0.3) is 0 Å². The summed E-state index contributed by atoms with van der Waals surface area (Å²) < 4.78 is 1.40. The fraction of sp³-hybridized carbons (Fsp3) is 0.167. The monoisotopic (exact) mass is 367 g/mol. The van der Waals surface area contributed by atoms with Crippen LogP contribution in [0.3, 0.4) is 0 Å². The van der Waals surface area contributed by atoms with Gasteiger partial charge in [-0.25, -0.2) is 4.57 Å². The number of aromatic nitrogens is 4. The molecule has 0 unspecified atom stereocenters. The number of thioether (sulfide) groups is 1. The molecule has 0 saturated carbocycles. The van der Waals surface area contributed by atoms with Gasteiger partial charge < -0.3 is 5.32 Å². The molecule has 0 atom stereocenters. The molecular formula is C18H17N5O2S. The molecule has 0 aliphatic heterocycles. The summed E-state index contributed by atoms with van der Waals surface area (Å²) in [6.45, 7) is 3.35. The average molecular weight is 367 g/mol. The van der Waals surface area contributed by atoms with Crippen LogP contribution in [0.5, 0.6) is 0 Å². The third-order valence-electron chi connectivity index (χ3n) is 3.47. The SMILES string of the molecule is CC(=O)n1c(SCC(=O)Nc2ccccc2)nnc1-c1cncc(C)c1. The Hall–Kier alpha value is -3.00. The number of hydrogen-bond acceptors (Lipinski definition) is 6. The molecule has 1 aromatic carbocycles. The van der Waals surface area contributed by atoms with Crippen LogP contribution in [0.1, 0.15) is 17.3 Å². The number of carbonyl (C=O) groups is 2.